The molecule has 0 N–H and O–H groups in total. The number of carbonyl (C=O) groups is 5. The molecule has 0 bridgehead atoms. The van der Waals surface area contributed by atoms with Crippen LogP contribution in [0.15, 0.2) is 255 Å². The highest BCUT2D eigenvalue weighted by Crippen LogP contribution is 2.42. The summed E-state index contributed by atoms with van der Waals surface area (Å²) in [4.78, 5) is 72.6. The SMILES string of the molecule is C=CCO[C@@H]1O[C@H](C(=O)OC)[C@H](O[C@@H]2O[C@@H](C)[C@H](OC(=O)c3ccccc3)[C@@H](OCc3ccccc3)[C@H]2O[C@H]2O[C@H](C(=O)OC)[C@H](O[C@@H]3O[C@@H](C)[C@H](OC(=O)c4ccccc4)[C@@H](OCc4ccccc4)[C@H]3OC(C)=O)[C@H](OCc3ccccc3)[C@H]2OCc2ccccc2)[C@H](OCc2ccccc2)[C@H]1OCc1ccccc1. The van der Waals surface area contributed by atoms with Gasteiger partial charge in [-0.1, -0.05) is 224 Å². The van der Waals surface area contributed by atoms with E-state index in [2.05, 4.69) is 6.58 Å². The topological polar surface area (TPSA) is 261 Å². The predicted octanol–water partition coefficient (Wildman–Crippen LogP) is 11.5. The third-order valence-corrected chi connectivity index (χ3v) is 19.1. The lowest BCUT2D eigenvalue weighted by Crippen LogP contribution is -2.69. The fraction of sp³-hybridized carbons (Fsp3) is 0.368. The third-order valence-electron chi connectivity index (χ3n) is 19.1. The van der Waals surface area contributed by atoms with Gasteiger partial charge in [0.15, 0.2) is 55.7 Å². The van der Waals surface area contributed by atoms with Crippen molar-refractivity contribution in [2.45, 2.75) is 183 Å². The second-order valence-electron chi connectivity index (χ2n) is 26.9. The largest absolute Gasteiger partial charge is 0.467 e. The first kappa shape index (κ1) is 80.8. The van der Waals surface area contributed by atoms with E-state index < -0.39 is 153 Å². The molecule has 4 aliphatic rings. The van der Waals surface area contributed by atoms with Gasteiger partial charge in [0, 0.05) is 6.92 Å². The molecule has 0 saturated carbocycles. The van der Waals surface area contributed by atoms with Gasteiger partial charge in [-0.2, -0.15) is 0 Å². The summed E-state index contributed by atoms with van der Waals surface area (Å²) in [7, 11) is 2.35. The zero-order valence-electron chi connectivity index (χ0n) is 62.2. The Balaban J connectivity index is 1.00. The molecule has 4 saturated heterocycles. The zero-order valence-corrected chi connectivity index (χ0v) is 62.2. The number of hydrogen-bond donors (Lipinski definition) is 0. The van der Waals surface area contributed by atoms with Crippen molar-refractivity contribution in [3.63, 3.8) is 0 Å². The highest BCUT2D eigenvalue weighted by atomic mass is 16.8. The second-order valence-corrected chi connectivity index (χ2v) is 26.9. The van der Waals surface area contributed by atoms with Gasteiger partial charge in [0.2, 0.25) is 0 Å². The lowest BCUT2D eigenvalue weighted by molar-refractivity contribution is -0.399. The van der Waals surface area contributed by atoms with Crippen LogP contribution in [0.4, 0.5) is 0 Å². The molecule has 8 aromatic rings. The number of rotatable bonds is 34. The van der Waals surface area contributed by atoms with Crippen LogP contribution < -0.4 is 0 Å². The minimum atomic E-state index is -1.90. The molecule has 24 nitrogen and oxygen atoms in total. The van der Waals surface area contributed by atoms with Crippen LogP contribution >= 0.6 is 0 Å². The fourth-order valence-corrected chi connectivity index (χ4v) is 13.6. The van der Waals surface area contributed by atoms with Gasteiger partial charge in [-0.25, -0.2) is 19.2 Å². The van der Waals surface area contributed by atoms with Gasteiger partial charge < -0.3 is 90.0 Å². The van der Waals surface area contributed by atoms with Crippen LogP contribution in [-0.2, 0) is 144 Å². The normalized spacial score (nSPS) is 27.8. The first-order valence-electron chi connectivity index (χ1n) is 36.8. The number of ether oxygens (including phenoxy) is 19. The highest BCUT2D eigenvalue weighted by Gasteiger charge is 2.61. The van der Waals surface area contributed by atoms with Crippen LogP contribution in [0, 0.1) is 0 Å². The van der Waals surface area contributed by atoms with E-state index in [4.69, 9.17) is 90.0 Å². The van der Waals surface area contributed by atoms with Crippen LogP contribution in [0.5, 0.6) is 0 Å². The van der Waals surface area contributed by atoms with Gasteiger partial charge in [0.1, 0.15) is 54.9 Å². The van der Waals surface area contributed by atoms with E-state index in [1.165, 1.54) is 20.1 Å². The maximum Gasteiger partial charge on any atom is 0.338 e. The van der Waals surface area contributed by atoms with Crippen molar-refractivity contribution in [2.24, 2.45) is 0 Å². The van der Waals surface area contributed by atoms with E-state index in [0.717, 1.165) is 23.8 Å². The van der Waals surface area contributed by atoms with E-state index in [-0.39, 0.29) is 57.4 Å². The number of esters is 5. The Morgan fingerprint density at radius 3 is 0.910 bits per heavy atom. The van der Waals surface area contributed by atoms with Crippen molar-refractivity contribution in [1.29, 1.82) is 0 Å². The number of carbonyl (C=O) groups excluding carboxylic acids is 5. The summed E-state index contributed by atoms with van der Waals surface area (Å²) < 4.78 is 128. The zero-order chi connectivity index (χ0) is 77.4. The van der Waals surface area contributed by atoms with Crippen molar-refractivity contribution in [1.82, 2.24) is 0 Å². The molecule has 111 heavy (non-hydrogen) atoms. The molecule has 0 aliphatic carbocycles. The molecule has 0 aromatic heterocycles. The maximum atomic E-state index is 15.3. The van der Waals surface area contributed by atoms with Crippen LogP contribution in [0.1, 0.15) is 74.9 Å². The summed E-state index contributed by atoms with van der Waals surface area (Å²) in [6.07, 6.45) is -28.4. The van der Waals surface area contributed by atoms with Crippen molar-refractivity contribution in [3.05, 3.63) is 300 Å². The molecule has 12 rings (SSSR count). The summed E-state index contributed by atoms with van der Waals surface area (Å²) in [6, 6.07) is 72.1. The summed E-state index contributed by atoms with van der Waals surface area (Å²) in [5, 5.41) is 0. The minimum Gasteiger partial charge on any atom is -0.467 e. The lowest BCUT2D eigenvalue weighted by atomic mass is 9.94. The third kappa shape index (κ3) is 21.5. The molecular weight excluding hydrogens is 1430 g/mol. The van der Waals surface area contributed by atoms with E-state index in [9.17, 15) is 19.2 Å². The smallest absolute Gasteiger partial charge is 0.338 e. The average molecular weight is 1520 g/mol. The Morgan fingerprint density at radius 1 is 0.315 bits per heavy atom. The molecule has 4 fully saturated rings. The molecule has 0 spiro atoms. The van der Waals surface area contributed by atoms with E-state index in [1.807, 2.05) is 182 Å². The summed E-state index contributed by atoms with van der Waals surface area (Å²) in [6.45, 7) is 7.71. The molecule has 0 radical (unpaired) electrons. The van der Waals surface area contributed by atoms with Gasteiger partial charge >= 0.3 is 29.8 Å². The molecule has 584 valence electrons. The maximum absolute atomic E-state index is 15.3. The molecule has 4 heterocycles. The van der Waals surface area contributed by atoms with Gasteiger partial charge in [0.25, 0.3) is 0 Å². The first-order chi connectivity index (χ1) is 54.2. The van der Waals surface area contributed by atoms with Crippen molar-refractivity contribution < 1.29 is 114 Å². The van der Waals surface area contributed by atoms with Crippen LogP contribution in [0.2, 0.25) is 0 Å². The van der Waals surface area contributed by atoms with E-state index in [1.54, 1.807) is 74.5 Å². The summed E-state index contributed by atoms with van der Waals surface area (Å²) in [5.41, 5.74) is 4.67. The predicted molar refractivity (Wildman–Crippen MR) is 398 cm³/mol. The standard InChI is InChI=1S/C87H92O24/c1-7-48-95-84-76(100-53-62-40-24-12-25-41-62)70(98-51-60-36-20-10-21-37-60)72(74(109-84)82(91)93-5)108-87-79(69(97-50-59-34-18-9-19-35-59)67(56(3)103-87)106-81(90)65-46-30-15-31-47-65)111-85-77(101-54-63-42-26-13-27-43-63)71(99-52-61-38-22-11-23-39-61)73(75(110-85)83(92)94-6)107-86-78(104-57(4)88)68(96-49-58-32-16-8-17-33-58)66(55(2)102-86)105-80(89)64-44-28-14-29-45-64/h7-47,55-56,66-79,84-87H,1,48-54H2,2-6H3/t55-,56-,66-,67-,68+,69+,70-,71-,72+,73+,74-,75-,76+,77+,78+,79+,84+,85+,86-,87-/m0/s1. The highest BCUT2D eigenvalue weighted by molar-refractivity contribution is 5.90. The molecule has 8 aromatic carbocycles. The second kappa shape index (κ2) is 40.5. The van der Waals surface area contributed by atoms with Gasteiger partial charge in [-0.05, 0) is 71.5 Å². The first-order valence-corrected chi connectivity index (χ1v) is 36.8. The lowest BCUT2D eigenvalue weighted by Gasteiger charge is -2.51. The van der Waals surface area contributed by atoms with Crippen molar-refractivity contribution in [3.8, 4) is 0 Å². The van der Waals surface area contributed by atoms with Crippen molar-refractivity contribution >= 4 is 29.8 Å². The Kier molecular flexibility index (Phi) is 29.5. The van der Waals surface area contributed by atoms with Crippen LogP contribution in [0.25, 0.3) is 0 Å². The minimum absolute atomic E-state index is 0.00275. The molecule has 20 atom stereocenters. The molecule has 24 heteroatoms. The van der Waals surface area contributed by atoms with E-state index in [0.29, 0.717) is 16.7 Å². The van der Waals surface area contributed by atoms with Crippen molar-refractivity contribution in [2.75, 3.05) is 20.8 Å². The summed E-state index contributed by atoms with van der Waals surface area (Å²) in [5.74, 6) is -4.21. The quantitative estimate of drug-likeness (QED) is 0.0206. The number of hydrogen-bond acceptors (Lipinski definition) is 24. The molecule has 0 unspecified atom stereocenters. The average Bonchev–Trinajstić information content (AvgIpc) is 0.757. The number of benzene rings is 8. The molecular formula is C87H92O24. The van der Waals surface area contributed by atoms with Gasteiger partial charge in [-0.3, -0.25) is 4.79 Å². The Bertz CT molecular complexity index is 4180. The number of methoxy groups -OCH3 is 2. The molecule has 0 amide bonds. The monoisotopic (exact) mass is 1520 g/mol. The Morgan fingerprint density at radius 2 is 0.586 bits per heavy atom. The van der Waals surface area contributed by atoms with E-state index >= 15 is 4.79 Å². The van der Waals surface area contributed by atoms with Gasteiger partial charge in [0.05, 0.1) is 83.8 Å². The fourth-order valence-electron chi connectivity index (χ4n) is 13.6. The Hall–Kier alpha value is -9.71. The Labute approximate surface area is 644 Å². The molecule has 4 aliphatic heterocycles. The van der Waals surface area contributed by atoms with Crippen LogP contribution in [-0.4, -0.2) is 173 Å². The summed E-state index contributed by atoms with van der Waals surface area (Å²) >= 11 is 0. The van der Waals surface area contributed by atoms with Gasteiger partial charge in [-0.15, -0.1) is 6.58 Å². The van der Waals surface area contributed by atoms with Crippen LogP contribution in [0.3, 0.4) is 0 Å².